The molecule has 0 aliphatic carbocycles. The smallest absolute Gasteiger partial charge is 0.258 e. The number of nitriles is 1. The van der Waals surface area contributed by atoms with Gasteiger partial charge in [0.25, 0.3) is 5.56 Å². The van der Waals surface area contributed by atoms with Crippen LogP contribution in [-0.4, -0.2) is 23.8 Å². The molecular weight excluding hydrogens is 333 g/mol. The van der Waals surface area contributed by atoms with Crippen LogP contribution >= 0.6 is 11.6 Å². The van der Waals surface area contributed by atoms with E-state index in [4.69, 9.17) is 21.6 Å². The molecule has 2 heterocycles. The van der Waals surface area contributed by atoms with Crippen LogP contribution in [0.25, 0.3) is 5.69 Å². The first-order chi connectivity index (χ1) is 11.6. The number of ether oxygens (including phenoxy) is 1. The summed E-state index contributed by atoms with van der Waals surface area (Å²) in [7, 11) is 0. The summed E-state index contributed by atoms with van der Waals surface area (Å²) >= 11 is 6.22. The summed E-state index contributed by atoms with van der Waals surface area (Å²) in [6, 6.07) is 6.99. The van der Waals surface area contributed by atoms with E-state index in [0.717, 1.165) is 32.0 Å². The molecule has 24 heavy (non-hydrogen) atoms. The Morgan fingerprint density at radius 1 is 1.33 bits per heavy atom. The lowest BCUT2D eigenvalue weighted by molar-refractivity contribution is 0.162. The number of aromatic nitrogens is 1. The summed E-state index contributed by atoms with van der Waals surface area (Å²) in [5, 5.41) is 12.3. The normalized spacial score (nSPS) is 15.0. The minimum Gasteiger partial charge on any atom is -0.489 e. The maximum atomic E-state index is 13.8. The Hall–Kier alpha value is -2.36. The lowest BCUT2D eigenvalue weighted by Gasteiger charge is -2.24. The Kier molecular flexibility index (Phi) is 4.84. The van der Waals surface area contributed by atoms with E-state index in [1.54, 1.807) is 6.07 Å². The quantitative estimate of drug-likeness (QED) is 0.926. The van der Waals surface area contributed by atoms with Gasteiger partial charge in [-0.3, -0.25) is 9.36 Å². The van der Waals surface area contributed by atoms with Crippen molar-refractivity contribution < 1.29 is 9.13 Å². The van der Waals surface area contributed by atoms with Gasteiger partial charge >= 0.3 is 0 Å². The number of rotatable bonds is 3. The first kappa shape index (κ1) is 16.5. The fourth-order valence-electron chi connectivity index (χ4n) is 2.62. The zero-order chi connectivity index (χ0) is 17.1. The van der Waals surface area contributed by atoms with Crippen LogP contribution in [0.1, 0.15) is 18.4 Å². The third-order valence-corrected chi connectivity index (χ3v) is 4.18. The van der Waals surface area contributed by atoms with Crippen molar-refractivity contribution in [2.75, 3.05) is 13.1 Å². The Balaban J connectivity index is 1.91. The monoisotopic (exact) mass is 347 g/mol. The number of halogens is 2. The highest BCUT2D eigenvalue weighted by Gasteiger charge is 2.17. The van der Waals surface area contributed by atoms with Crippen molar-refractivity contribution in [1.82, 2.24) is 9.88 Å². The first-order valence-corrected chi connectivity index (χ1v) is 7.96. The fourth-order valence-corrected chi connectivity index (χ4v) is 2.82. The molecule has 2 aromatic rings. The van der Waals surface area contributed by atoms with Crippen molar-refractivity contribution in [2.24, 2.45) is 0 Å². The Labute approximate surface area is 143 Å². The number of pyridine rings is 1. The van der Waals surface area contributed by atoms with Crippen LogP contribution in [0, 0.1) is 17.1 Å². The van der Waals surface area contributed by atoms with Gasteiger partial charge in [-0.25, -0.2) is 4.39 Å². The van der Waals surface area contributed by atoms with Gasteiger partial charge in [0.15, 0.2) is 0 Å². The molecule has 0 radical (unpaired) electrons. The molecule has 0 amide bonds. The van der Waals surface area contributed by atoms with Gasteiger partial charge in [-0.1, -0.05) is 11.6 Å². The van der Waals surface area contributed by atoms with E-state index in [0.29, 0.717) is 11.4 Å². The summed E-state index contributed by atoms with van der Waals surface area (Å²) in [5.41, 5.74) is -0.164. The third kappa shape index (κ3) is 3.42. The molecule has 1 fully saturated rings. The zero-order valence-corrected chi connectivity index (χ0v) is 13.5. The summed E-state index contributed by atoms with van der Waals surface area (Å²) in [5.74, 6) is -0.355. The second-order valence-electron chi connectivity index (χ2n) is 5.54. The maximum Gasteiger partial charge on any atom is 0.258 e. The lowest BCUT2D eigenvalue weighted by Crippen LogP contribution is -2.34. The van der Waals surface area contributed by atoms with E-state index in [1.165, 1.54) is 29.0 Å². The molecule has 1 N–H and O–H groups in total. The molecule has 1 aromatic heterocycles. The van der Waals surface area contributed by atoms with E-state index in [9.17, 15) is 9.18 Å². The van der Waals surface area contributed by atoms with Crippen molar-refractivity contribution in [2.45, 2.75) is 18.9 Å². The van der Waals surface area contributed by atoms with Crippen molar-refractivity contribution in [1.29, 1.82) is 5.26 Å². The summed E-state index contributed by atoms with van der Waals surface area (Å²) in [4.78, 5) is 12.3. The van der Waals surface area contributed by atoms with Gasteiger partial charge in [-0.2, -0.15) is 5.26 Å². The molecular formula is C17H15ClFN3O2. The Morgan fingerprint density at radius 3 is 2.75 bits per heavy atom. The van der Waals surface area contributed by atoms with E-state index >= 15 is 0 Å². The molecule has 0 spiro atoms. The number of benzene rings is 1. The second-order valence-corrected chi connectivity index (χ2v) is 5.94. The van der Waals surface area contributed by atoms with Crippen LogP contribution in [0.15, 0.2) is 35.3 Å². The highest BCUT2D eigenvalue weighted by atomic mass is 35.5. The van der Waals surface area contributed by atoms with Crippen LogP contribution in [-0.2, 0) is 0 Å². The topological polar surface area (TPSA) is 67.1 Å². The average molecular weight is 348 g/mol. The molecule has 1 aliphatic heterocycles. The van der Waals surface area contributed by atoms with Gasteiger partial charge in [-0.05, 0) is 44.1 Å². The molecule has 0 saturated carbocycles. The van der Waals surface area contributed by atoms with Crippen molar-refractivity contribution in [3.8, 4) is 17.5 Å². The first-order valence-electron chi connectivity index (χ1n) is 7.58. The average Bonchev–Trinajstić information content (AvgIpc) is 2.58. The maximum absolute atomic E-state index is 13.8. The van der Waals surface area contributed by atoms with Crippen LogP contribution < -0.4 is 15.6 Å². The van der Waals surface area contributed by atoms with Gasteiger partial charge in [0.2, 0.25) is 0 Å². The molecule has 1 aromatic carbocycles. The summed E-state index contributed by atoms with van der Waals surface area (Å²) < 4.78 is 20.8. The highest BCUT2D eigenvalue weighted by Crippen LogP contribution is 2.26. The van der Waals surface area contributed by atoms with Crippen LogP contribution in [0.2, 0.25) is 5.02 Å². The standard InChI is InChI=1S/C17H15ClFN3O2/c18-14-10-22(12-2-1-11(9-20)15(19)7-12)17(23)8-16(14)24-13-3-5-21-6-4-13/h1-2,7-8,10,13,21H,3-6H2. The molecule has 124 valence electrons. The molecule has 0 atom stereocenters. The van der Waals surface area contributed by atoms with Gasteiger partial charge < -0.3 is 10.1 Å². The van der Waals surface area contributed by atoms with E-state index in [2.05, 4.69) is 5.32 Å². The predicted molar refractivity (Wildman–Crippen MR) is 88.2 cm³/mol. The van der Waals surface area contributed by atoms with E-state index < -0.39 is 5.82 Å². The minimum atomic E-state index is -0.687. The van der Waals surface area contributed by atoms with E-state index in [1.807, 2.05) is 0 Å². The molecule has 0 unspecified atom stereocenters. The van der Waals surface area contributed by atoms with E-state index in [-0.39, 0.29) is 22.2 Å². The fraction of sp³-hybridized carbons (Fsp3) is 0.294. The largest absolute Gasteiger partial charge is 0.489 e. The molecule has 1 saturated heterocycles. The zero-order valence-electron chi connectivity index (χ0n) is 12.8. The van der Waals surface area contributed by atoms with Gasteiger partial charge in [0, 0.05) is 12.3 Å². The number of nitrogens with zero attached hydrogens (tertiary/aromatic N) is 2. The number of piperidine rings is 1. The number of nitrogens with one attached hydrogen (secondary N) is 1. The SMILES string of the molecule is N#Cc1ccc(-n2cc(Cl)c(OC3CCNCC3)cc2=O)cc1F. The Bertz CT molecular complexity index is 854. The van der Waals surface area contributed by atoms with Crippen LogP contribution in [0.5, 0.6) is 5.75 Å². The van der Waals surface area contributed by atoms with Crippen molar-refractivity contribution >= 4 is 11.6 Å². The molecule has 7 heteroatoms. The van der Waals surface area contributed by atoms with Gasteiger partial charge in [0.05, 0.1) is 16.3 Å². The van der Waals surface area contributed by atoms with Crippen molar-refractivity contribution in [3.05, 3.63) is 57.2 Å². The number of hydrogen-bond acceptors (Lipinski definition) is 4. The molecule has 0 bridgehead atoms. The summed E-state index contributed by atoms with van der Waals surface area (Å²) in [6.45, 7) is 1.73. The molecule has 3 rings (SSSR count). The third-order valence-electron chi connectivity index (χ3n) is 3.90. The molecule has 5 nitrogen and oxygen atoms in total. The summed E-state index contributed by atoms with van der Waals surface area (Å²) in [6.07, 6.45) is 3.12. The van der Waals surface area contributed by atoms with Crippen molar-refractivity contribution in [3.63, 3.8) is 0 Å². The predicted octanol–water partition coefficient (Wildman–Crippen LogP) is 2.63. The van der Waals surface area contributed by atoms with Crippen LogP contribution in [0.3, 0.4) is 0 Å². The molecule has 1 aliphatic rings. The van der Waals surface area contributed by atoms with Gasteiger partial charge in [0.1, 0.15) is 23.7 Å². The Morgan fingerprint density at radius 2 is 2.08 bits per heavy atom. The highest BCUT2D eigenvalue weighted by molar-refractivity contribution is 6.31. The second kappa shape index (κ2) is 7.04. The lowest BCUT2D eigenvalue weighted by atomic mass is 10.1. The number of hydrogen-bond donors (Lipinski definition) is 1. The van der Waals surface area contributed by atoms with Gasteiger partial charge in [-0.15, -0.1) is 0 Å². The van der Waals surface area contributed by atoms with Crippen LogP contribution in [0.4, 0.5) is 4.39 Å². The minimum absolute atomic E-state index is 0.0198.